The third-order valence-corrected chi connectivity index (χ3v) is 4.07. The van der Waals surface area contributed by atoms with Crippen LogP contribution < -0.4 is 4.90 Å². The lowest BCUT2D eigenvalue weighted by atomic mass is 10.1. The summed E-state index contributed by atoms with van der Waals surface area (Å²) in [6, 6.07) is 12.5. The largest absolute Gasteiger partial charge is 0.454 e. The molecule has 0 heterocycles. The minimum absolute atomic E-state index is 0.187. The molecule has 2 aromatic carbocycles. The summed E-state index contributed by atoms with van der Waals surface area (Å²) in [4.78, 5) is 24.8. The van der Waals surface area contributed by atoms with E-state index in [4.69, 9.17) is 23.2 Å². The zero-order valence-corrected chi connectivity index (χ0v) is 14.6. The highest BCUT2D eigenvalue weighted by molar-refractivity contribution is 6.42. The molecule has 0 radical (unpaired) electrons. The number of allylic oxidation sites excluding steroid dienone is 1. The Balaban J connectivity index is 2.26. The molecule has 0 atom stereocenters. The number of Topliss-reactive ketones (excluding diaryl/α,β-unsaturated/α-hetero) is 1. The van der Waals surface area contributed by atoms with Gasteiger partial charge < -0.3 is 4.90 Å². The summed E-state index contributed by atoms with van der Waals surface area (Å²) in [6.07, 6.45) is -3.66. The van der Waals surface area contributed by atoms with E-state index in [2.05, 4.69) is 0 Å². The van der Waals surface area contributed by atoms with Gasteiger partial charge in [0.2, 0.25) is 0 Å². The molecule has 2 rings (SSSR count). The number of carbonyl (C=O) groups is 2. The van der Waals surface area contributed by atoms with Crippen LogP contribution in [0.5, 0.6) is 0 Å². The molecule has 0 amide bonds. The summed E-state index contributed by atoms with van der Waals surface area (Å²) in [5, 5.41) is 0.463. The van der Waals surface area contributed by atoms with E-state index in [1.54, 1.807) is 30.3 Å². The van der Waals surface area contributed by atoms with Gasteiger partial charge in [0.1, 0.15) is 0 Å². The molecule has 0 saturated carbocycles. The van der Waals surface area contributed by atoms with E-state index in [1.807, 2.05) is 0 Å². The first kappa shape index (κ1) is 20.0. The molecule has 26 heavy (non-hydrogen) atoms. The number of alkyl halides is 3. The Bertz CT molecular complexity index is 836. The number of ketones is 2. The highest BCUT2D eigenvalue weighted by Crippen LogP contribution is 2.24. The molecule has 8 heteroatoms. The predicted molar refractivity (Wildman–Crippen MR) is 94.8 cm³/mol. The third-order valence-electron chi connectivity index (χ3n) is 3.33. The van der Waals surface area contributed by atoms with E-state index in [-0.39, 0.29) is 22.2 Å². The van der Waals surface area contributed by atoms with Crippen LogP contribution in [0.15, 0.2) is 60.8 Å². The zero-order valence-electron chi connectivity index (χ0n) is 13.1. The second kappa shape index (κ2) is 8.38. The van der Waals surface area contributed by atoms with E-state index in [9.17, 15) is 22.8 Å². The Kier molecular flexibility index (Phi) is 6.45. The average molecular weight is 402 g/mol. The van der Waals surface area contributed by atoms with Gasteiger partial charge >= 0.3 is 6.18 Å². The molecule has 0 aliphatic rings. The van der Waals surface area contributed by atoms with Crippen molar-refractivity contribution in [2.45, 2.75) is 6.18 Å². The van der Waals surface area contributed by atoms with Crippen LogP contribution in [0.2, 0.25) is 10.0 Å². The number of rotatable bonds is 6. The van der Waals surface area contributed by atoms with Crippen molar-refractivity contribution in [2.24, 2.45) is 0 Å². The van der Waals surface area contributed by atoms with Gasteiger partial charge in [0.25, 0.3) is 5.78 Å². The van der Waals surface area contributed by atoms with Crippen LogP contribution >= 0.6 is 23.2 Å². The van der Waals surface area contributed by atoms with E-state index >= 15 is 0 Å². The summed E-state index contributed by atoms with van der Waals surface area (Å²) in [6.45, 7) is -0.288. The Hall–Kier alpha value is -2.31. The van der Waals surface area contributed by atoms with Gasteiger partial charge in [0, 0.05) is 23.5 Å². The molecule has 3 nitrogen and oxygen atoms in total. The Morgan fingerprint density at radius 2 is 1.65 bits per heavy atom. The van der Waals surface area contributed by atoms with E-state index in [0.29, 0.717) is 11.8 Å². The lowest BCUT2D eigenvalue weighted by Crippen LogP contribution is -2.26. The minimum atomic E-state index is -4.98. The first-order chi connectivity index (χ1) is 12.2. The van der Waals surface area contributed by atoms with Gasteiger partial charge in [-0.3, -0.25) is 9.59 Å². The molecule has 0 unspecified atom stereocenters. The number of hydrogen-bond donors (Lipinski definition) is 0. The number of nitrogens with zero attached hydrogens (tertiary/aromatic N) is 1. The van der Waals surface area contributed by atoms with Gasteiger partial charge in [-0.15, -0.1) is 0 Å². The molecule has 0 spiro atoms. The van der Waals surface area contributed by atoms with Gasteiger partial charge in [0.05, 0.1) is 16.6 Å². The lowest BCUT2D eigenvalue weighted by molar-refractivity contribution is -0.165. The van der Waals surface area contributed by atoms with Crippen molar-refractivity contribution in [1.29, 1.82) is 0 Å². The molecule has 0 N–H and O–H groups in total. The van der Waals surface area contributed by atoms with Gasteiger partial charge in [-0.2, -0.15) is 13.2 Å². The minimum Gasteiger partial charge on any atom is -0.340 e. The maximum atomic E-state index is 12.4. The van der Waals surface area contributed by atoms with Crippen molar-refractivity contribution >= 4 is 40.5 Å². The summed E-state index contributed by atoms with van der Waals surface area (Å²) in [5.74, 6) is -2.42. The van der Waals surface area contributed by atoms with Gasteiger partial charge in [-0.25, -0.2) is 0 Å². The van der Waals surface area contributed by atoms with Crippen LogP contribution in [0.4, 0.5) is 18.9 Å². The number of benzene rings is 2. The molecule has 0 saturated heterocycles. The Morgan fingerprint density at radius 1 is 1.00 bits per heavy atom. The van der Waals surface area contributed by atoms with Gasteiger partial charge in [-0.1, -0.05) is 41.4 Å². The summed E-state index contributed by atoms with van der Waals surface area (Å²) in [5.41, 5.74) is 0.697. The number of halogens is 5. The SMILES string of the molecule is O=C(CN(/C=C/C(=O)C(F)(F)F)c1ccccc1)c1ccc(Cl)c(Cl)c1. The molecule has 136 valence electrons. The standard InChI is InChI=1S/C18H12Cl2F3NO2/c19-14-7-6-12(10-15(14)20)16(25)11-24(13-4-2-1-3-5-13)9-8-17(26)18(21,22)23/h1-10H,11H2/b9-8+. The maximum Gasteiger partial charge on any atom is 0.454 e. The molecule has 0 aliphatic heterocycles. The van der Waals surface area contributed by atoms with Crippen molar-refractivity contribution in [2.75, 3.05) is 11.4 Å². The van der Waals surface area contributed by atoms with Crippen LogP contribution in [0, 0.1) is 0 Å². The van der Waals surface area contributed by atoms with Crippen LogP contribution in [0.25, 0.3) is 0 Å². The first-order valence-electron chi connectivity index (χ1n) is 7.28. The normalized spacial score (nSPS) is 11.6. The molecule has 0 aromatic heterocycles. The fraction of sp³-hybridized carbons (Fsp3) is 0.111. The van der Waals surface area contributed by atoms with E-state index < -0.39 is 17.7 Å². The fourth-order valence-corrected chi connectivity index (χ4v) is 2.32. The molecule has 0 fully saturated rings. The molecule has 0 bridgehead atoms. The predicted octanol–water partition coefficient (Wildman–Crippen LogP) is 5.33. The molecule has 0 aliphatic carbocycles. The summed E-state index contributed by atoms with van der Waals surface area (Å²) in [7, 11) is 0. The van der Waals surface area contributed by atoms with Gasteiger partial charge in [0.15, 0.2) is 5.78 Å². The maximum absolute atomic E-state index is 12.4. The zero-order chi connectivity index (χ0) is 19.3. The number of para-hydroxylation sites is 1. The Labute approximate surface area is 157 Å². The number of anilines is 1. The molecule has 2 aromatic rings. The summed E-state index contributed by atoms with van der Waals surface area (Å²) < 4.78 is 37.2. The second-order valence-electron chi connectivity index (χ2n) is 5.19. The summed E-state index contributed by atoms with van der Waals surface area (Å²) >= 11 is 11.7. The second-order valence-corrected chi connectivity index (χ2v) is 6.01. The lowest BCUT2D eigenvalue weighted by Gasteiger charge is -2.20. The first-order valence-corrected chi connectivity index (χ1v) is 8.03. The van der Waals surface area contributed by atoms with Crippen molar-refractivity contribution < 1.29 is 22.8 Å². The van der Waals surface area contributed by atoms with E-state index in [0.717, 1.165) is 6.20 Å². The van der Waals surface area contributed by atoms with Crippen molar-refractivity contribution in [3.05, 3.63) is 76.4 Å². The van der Waals surface area contributed by atoms with Crippen LogP contribution in [0.1, 0.15) is 10.4 Å². The fourth-order valence-electron chi connectivity index (χ4n) is 2.02. The molecular weight excluding hydrogens is 390 g/mol. The van der Waals surface area contributed by atoms with Crippen LogP contribution in [-0.4, -0.2) is 24.3 Å². The monoisotopic (exact) mass is 401 g/mol. The quantitative estimate of drug-likeness (QED) is 0.484. The Morgan fingerprint density at radius 3 is 2.23 bits per heavy atom. The van der Waals surface area contributed by atoms with Gasteiger partial charge in [-0.05, 0) is 30.3 Å². The van der Waals surface area contributed by atoms with E-state index in [1.165, 1.54) is 23.1 Å². The van der Waals surface area contributed by atoms with Crippen molar-refractivity contribution in [1.82, 2.24) is 0 Å². The topological polar surface area (TPSA) is 37.4 Å². The number of carbonyl (C=O) groups excluding carboxylic acids is 2. The average Bonchev–Trinajstić information content (AvgIpc) is 2.60. The van der Waals surface area contributed by atoms with Crippen molar-refractivity contribution in [3.8, 4) is 0 Å². The highest BCUT2D eigenvalue weighted by Gasteiger charge is 2.36. The third kappa shape index (κ3) is 5.34. The van der Waals surface area contributed by atoms with Crippen molar-refractivity contribution in [3.63, 3.8) is 0 Å². The molecular formula is C18H12Cl2F3NO2. The highest BCUT2D eigenvalue weighted by atomic mass is 35.5. The number of hydrogen-bond acceptors (Lipinski definition) is 3. The smallest absolute Gasteiger partial charge is 0.340 e. The van der Waals surface area contributed by atoms with Crippen LogP contribution in [0.3, 0.4) is 0 Å². The van der Waals surface area contributed by atoms with Crippen LogP contribution in [-0.2, 0) is 4.79 Å².